The van der Waals surface area contributed by atoms with Crippen LogP contribution in [-0.4, -0.2) is 21.5 Å². The van der Waals surface area contributed by atoms with Gasteiger partial charge in [0.25, 0.3) is 0 Å². The molecule has 0 radical (unpaired) electrons. The molecule has 2 rings (SSSR count). The SMILES string of the molecule is CCCNc1nc(-c2ncccc2CC)nc(C)c1F. The Labute approximate surface area is 118 Å². The lowest BCUT2D eigenvalue weighted by Gasteiger charge is -2.10. The number of hydrogen-bond acceptors (Lipinski definition) is 4. The Kier molecular flexibility index (Phi) is 4.61. The van der Waals surface area contributed by atoms with E-state index in [9.17, 15) is 4.39 Å². The van der Waals surface area contributed by atoms with E-state index >= 15 is 0 Å². The fourth-order valence-electron chi connectivity index (χ4n) is 1.95. The normalized spacial score (nSPS) is 10.6. The first-order valence-corrected chi connectivity index (χ1v) is 6.89. The number of aromatic nitrogens is 3. The lowest BCUT2D eigenvalue weighted by atomic mass is 10.1. The van der Waals surface area contributed by atoms with Gasteiger partial charge in [0.1, 0.15) is 5.69 Å². The van der Waals surface area contributed by atoms with Crippen LogP contribution < -0.4 is 5.32 Å². The molecule has 0 unspecified atom stereocenters. The van der Waals surface area contributed by atoms with Gasteiger partial charge in [0.2, 0.25) is 0 Å². The van der Waals surface area contributed by atoms with Crippen LogP contribution in [0.2, 0.25) is 0 Å². The van der Waals surface area contributed by atoms with Crippen molar-refractivity contribution in [1.29, 1.82) is 0 Å². The van der Waals surface area contributed by atoms with Gasteiger partial charge >= 0.3 is 0 Å². The van der Waals surface area contributed by atoms with Crippen LogP contribution in [0.1, 0.15) is 31.5 Å². The molecule has 20 heavy (non-hydrogen) atoms. The molecule has 2 aromatic heterocycles. The van der Waals surface area contributed by atoms with Crippen LogP contribution in [0.25, 0.3) is 11.5 Å². The summed E-state index contributed by atoms with van der Waals surface area (Å²) in [6.45, 7) is 6.39. The third-order valence-corrected chi connectivity index (χ3v) is 3.04. The molecule has 0 amide bonds. The third-order valence-electron chi connectivity index (χ3n) is 3.04. The van der Waals surface area contributed by atoms with E-state index in [-0.39, 0.29) is 5.82 Å². The van der Waals surface area contributed by atoms with E-state index in [1.165, 1.54) is 0 Å². The minimum atomic E-state index is -0.392. The van der Waals surface area contributed by atoms with Crippen LogP contribution in [-0.2, 0) is 6.42 Å². The average molecular weight is 274 g/mol. The number of nitrogens with one attached hydrogen (secondary N) is 1. The van der Waals surface area contributed by atoms with Crippen molar-refractivity contribution >= 4 is 5.82 Å². The van der Waals surface area contributed by atoms with Gasteiger partial charge in [-0.05, 0) is 31.4 Å². The van der Waals surface area contributed by atoms with Crippen LogP contribution in [0.3, 0.4) is 0 Å². The molecular formula is C15H19FN4. The summed E-state index contributed by atoms with van der Waals surface area (Å²) in [6.07, 6.45) is 3.44. The second-order valence-electron chi connectivity index (χ2n) is 4.59. The topological polar surface area (TPSA) is 50.7 Å². The highest BCUT2D eigenvalue weighted by Crippen LogP contribution is 2.22. The molecule has 0 aliphatic carbocycles. The van der Waals surface area contributed by atoms with Crippen LogP contribution in [0, 0.1) is 12.7 Å². The Morgan fingerprint density at radius 2 is 2.05 bits per heavy atom. The number of rotatable bonds is 5. The first-order chi connectivity index (χ1) is 9.67. The molecule has 5 heteroatoms. The zero-order valence-corrected chi connectivity index (χ0v) is 12.1. The molecule has 0 aliphatic rings. The highest BCUT2D eigenvalue weighted by atomic mass is 19.1. The Bertz CT molecular complexity index is 598. The van der Waals surface area contributed by atoms with E-state index in [4.69, 9.17) is 0 Å². The molecule has 2 aromatic rings. The van der Waals surface area contributed by atoms with Crippen molar-refractivity contribution < 1.29 is 4.39 Å². The predicted octanol–water partition coefficient (Wildman–Crippen LogP) is 3.37. The highest BCUT2D eigenvalue weighted by molar-refractivity contribution is 5.57. The first-order valence-electron chi connectivity index (χ1n) is 6.89. The molecule has 0 saturated heterocycles. The quantitative estimate of drug-likeness (QED) is 0.908. The van der Waals surface area contributed by atoms with E-state index in [0.29, 0.717) is 18.1 Å². The number of aryl methyl sites for hydroxylation is 2. The summed E-state index contributed by atoms with van der Waals surface area (Å²) >= 11 is 0. The summed E-state index contributed by atoms with van der Waals surface area (Å²) in [5.41, 5.74) is 2.11. The largest absolute Gasteiger partial charge is 0.368 e. The molecular weight excluding hydrogens is 255 g/mol. The van der Waals surface area contributed by atoms with Gasteiger partial charge in [-0.1, -0.05) is 19.9 Å². The van der Waals surface area contributed by atoms with Crippen molar-refractivity contribution in [1.82, 2.24) is 15.0 Å². The summed E-state index contributed by atoms with van der Waals surface area (Å²) in [4.78, 5) is 12.9. The van der Waals surface area contributed by atoms with Gasteiger partial charge in [0, 0.05) is 12.7 Å². The van der Waals surface area contributed by atoms with Crippen LogP contribution in [0.4, 0.5) is 10.2 Å². The molecule has 0 fully saturated rings. The Hall–Kier alpha value is -2.04. The van der Waals surface area contributed by atoms with E-state index in [1.54, 1.807) is 13.1 Å². The molecule has 4 nitrogen and oxygen atoms in total. The number of hydrogen-bond donors (Lipinski definition) is 1. The summed E-state index contributed by atoms with van der Waals surface area (Å²) in [7, 11) is 0. The van der Waals surface area contributed by atoms with Crippen molar-refractivity contribution in [2.75, 3.05) is 11.9 Å². The van der Waals surface area contributed by atoms with Crippen LogP contribution >= 0.6 is 0 Å². The standard InChI is InChI=1S/C15H19FN4/c1-4-8-18-14-12(16)10(3)19-15(20-14)13-11(5-2)7-6-9-17-13/h6-7,9H,4-5,8H2,1-3H3,(H,18,19,20). The minimum Gasteiger partial charge on any atom is -0.368 e. The number of nitrogens with zero attached hydrogens (tertiary/aromatic N) is 3. The van der Waals surface area contributed by atoms with Crippen molar-refractivity contribution in [3.8, 4) is 11.5 Å². The summed E-state index contributed by atoms with van der Waals surface area (Å²) in [6, 6.07) is 3.87. The van der Waals surface area contributed by atoms with Gasteiger partial charge in [-0.3, -0.25) is 4.98 Å². The van der Waals surface area contributed by atoms with Gasteiger partial charge in [-0.15, -0.1) is 0 Å². The maximum atomic E-state index is 14.0. The Balaban J connectivity index is 2.49. The lowest BCUT2D eigenvalue weighted by Crippen LogP contribution is -2.09. The highest BCUT2D eigenvalue weighted by Gasteiger charge is 2.14. The first kappa shape index (κ1) is 14.4. The number of anilines is 1. The van der Waals surface area contributed by atoms with Crippen LogP contribution in [0.5, 0.6) is 0 Å². The Morgan fingerprint density at radius 3 is 2.75 bits per heavy atom. The smallest absolute Gasteiger partial charge is 0.186 e. The minimum absolute atomic E-state index is 0.252. The second kappa shape index (κ2) is 6.41. The third kappa shape index (κ3) is 2.92. The van der Waals surface area contributed by atoms with E-state index in [2.05, 4.69) is 20.3 Å². The van der Waals surface area contributed by atoms with Gasteiger partial charge < -0.3 is 5.32 Å². The zero-order valence-electron chi connectivity index (χ0n) is 12.1. The van der Waals surface area contributed by atoms with Crippen LogP contribution in [0.15, 0.2) is 18.3 Å². The molecule has 106 valence electrons. The van der Waals surface area contributed by atoms with Gasteiger partial charge in [-0.25, -0.2) is 14.4 Å². The molecule has 2 heterocycles. The second-order valence-corrected chi connectivity index (χ2v) is 4.59. The molecule has 0 aromatic carbocycles. The van der Waals surface area contributed by atoms with E-state index < -0.39 is 5.82 Å². The molecule has 0 aliphatic heterocycles. The monoisotopic (exact) mass is 274 g/mol. The molecule has 0 saturated carbocycles. The molecule has 0 spiro atoms. The molecule has 1 N–H and O–H groups in total. The van der Waals surface area contributed by atoms with E-state index in [0.717, 1.165) is 24.1 Å². The van der Waals surface area contributed by atoms with Crippen molar-refractivity contribution in [2.24, 2.45) is 0 Å². The van der Waals surface area contributed by atoms with E-state index in [1.807, 2.05) is 26.0 Å². The summed E-state index contributed by atoms with van der Waals surface area (Å²) in [5, 5.41) is 3.00. The van der Waals surface area contributed by atoms with Crippen molar-refractivity contribution in [2.45, 2.75) is 33.6 Å². The molecule has 0 bridgehead atoms. The van der Waals surface area contributed by atoms with Crippen molar-refractivity contribution in [3.63, 3.8) is 0 Å². The maximum absolute atomic E-state index is 14.0. The fraction of sp³-hybridized carbons (Fsp3) is 0.400. The predicted molar refractivity (Wildman–Crippen MR) is 78.1 cm³/mol. The summed E-state index contributed by atoms with van der Waals surface area (Å²) in [5.74, 6) is 0.332. The summed E-state index contributed by atoms with van der Waals surface area (Å²) < 4.78 is 14.0. The number of pyridine rings is 1. The Morgan fingerprint density at radius 1 is 1.25 bits per heavy atom. The zero-order chi connectivity index (χ0) is 14.5. The van der Waals surface area contributed by atoms with Gasteiger partial charge in [0.15, 0.2) is 17.5 Å². The van der Waals surface area contributed by atoms with Gasteiger partial charge in [0.05, 0.1) is 5.69 Å². The van der Waals surface area contributed by atoms with Gasteiger partial charge in [-0.2, -0.15) is 0 Å². The van der Waals surface area contributed by atoms with Crippen molar-refractivity contribution in [3.05, 3.63) is 35.4 Å². The average Bonchev–Trinajstić information content (AvgIpc) is 2.48. The maximum Gasteiger partial charge on any atom is 0.186 e. The lowest BCUT2D eigenvalue weighted by molar-refractivity contribution is 0.605. The fourth-order valence-corrected chi connectivity index (χ4v) is 1.95. The molecule has 0 atom stereocenters. The number of halogens is 1.